The van der Waals surface area contributed by atoms with E-state index in [2.05, 4.69) is 4.98 Å². The molecule has 2 nitrogen and oxygen atoms in total. The Labute approximate surface area is 69.3 Å². The van der Waals surface area contributed by atoms with Crippen molar-refractivity contribution in [1.29, 1.82) is 0 Å². The molecule has 1 heterocycles. The smallest absolute Gasteiger partial charge is 0.138 e. The predicted molar refractivity (Wildman–Crippen MR) is 43.9 cm³/mol. The summed E-state index contributed by atoms with van der Waals surface area (Å²) in [5.74, 6) is 0.367. The van der Waals surface area contributed by atoms with Crippen LogP contribution in [-0.4, -0.2) is 10.8 Å². The third kappa shape index (κ3) is 0.997. The molecule has 11 heavy (non-hydrogen) atoms. The van der Waals surface area contributed by atoms with Gasteiger partial charge in [-0.05, 0) is 19.8 Å². The van der Waals surface area contributed by atoms with Crippen molar-refractivity contribution in [3.63, 3.8) is 0 Å². The highest BCUT2D eigenvalue weighted by atomic mass is 32.1. The van der Waals surface area contributed by atoms with Crippen LogP contribution >= 0.6 is 11.3 Å². The van der Waals surface area contributed by atoms with E-state index in [4.69, 9.17) is 0 Å². The van der Waals surface area contributed by atoms with Gasteiger partial charge in [0.05, 0.1) is 17.1 Å². The molecule has 0 aliphatic heterocycles. The number of ketones is 1. The van der Waals surface area contributed by atoms with Gasteiger partial charge in [-0.25, -0.2) is 4.98 Å². The molecule has 1 aromatic heterocycles. The molecule has 1 atom stereocenters. The van der Waals surface area contributed by atoms with Gasteiger partial charge in [0.1, 0.15) is 5.78 Å². The fourth-order valence-corrected chi connectivity index (χ4v) is 2.40. The summed E-state index contributed by atoms with van der Waals surface area (Å²) in [7, 11) is 0. The molecule has 0 aromatic carbocycles. The van der Waals surface area contributed by atoms with Gasteiger partial charge in [0, 0.05) is 4.88 Å². The number of carbonyl (C=O) groups is 1. The topological polar surface area (TPSA) is 30.0 Å². The van der Waals surface area contributed by atoms with Crippen LogP contribution in [0.2, 0.25) is 0 Å². The summed E-state index contributed by atoms with van der Waals surface area (Å²) in [5, 5.41) is 0. The third-order valence-corrected chi connectivity index (χ3v) is 3.06. The lowest BCUT2D eigenvalue weighted by Gasteiger charge is -2.01. The fraction of sp³-hybridized carbons (Fsp3) is 0.500. The molecule has 0 spiro atoms. The quantitative estimate of drug-likeness (QED) is 0.638. The molecule has 2 rings (SSSR count). The second-order valence-electron chi connectivity index (χ2n) is 2.86. The first kappa shape index (κ1) is 6.98. The summed E-state index contributed by atoms with van der Waals surface area (Å²) in [6.07, 6.45) is 2.02. The first-order valence-electron chi connectivity index (χ1n) is 3.71. The second-order valence-corrected chi connectivity index (χ2v) is 3.80. The lowest BCUT2D eigenvalue weighted by atomic mass is 10.0. The Kier molecular flexibility index (Phi) is 1.53. The van der Waals surface area contributed by atoms with Crippen molar-refractivity contribution >= 4 is 17.1 Å². The van der Waals surface area contributed by atoms with Crippen molar-refractivity contribution in [2.75, 3.05) is 0 Å². The Morgan fingerprint density at radius 1 is 1.82 bits per heavy atom. The molecule has 0 fully saturated rings. The van der Waals surface area contributed by atoms with Crippen LogP contribution in [0.25, 0.3) is 0 Å². The molecule has 0 amide bonds. The number of thiazole rings is 1. The highest BCUT2D eigenvalue weighted by molar-refractivity contribution is 7.09. The molecule has 1 aliphatic carbocycles. The number of aromatic nitrogens is 1. The van der Waals surface area contributed by atoms with Crippen LogP contribution in [-0.2, 0) is 11.2 Å². The standard InChI is InChI=1S/C8H9NOS/c1-5(10)6-2-3-7-8(6)9-4-11-7/h4,6H,2-3H2,1H3. The van der Waals surface area contributed by atoms with Crippen LogP contribution in [0.15, 0.2) is 5.51 Å². The predicted octanol–water partition coefficient (Wildman–Crippen LogP) is 1.76. The largest absolute Gasteiger partial charge is 0.299 e. The average Bonchev–Trinajstić information content (AvgIpc) is 2.41. The lowest BCUT2D eigenvalue weighted by molar-refractivity contribution is -0.118. The van der Waals surface area contributed by atoms with E-state index in [1.54, 1.807) is 18.3 Å². The molecule has 0 N–H and O–H groups in total. The van der Waals surface area contributed by atoms with Gasteiger partial charge in [-0.3, -0.25) is 4.79 Å². The van der Waals surface area contributed by atoms with Crippen molar-refractivity contribution < 1.29 is 4.79 Å². The van der Waals surface area contributed by atoms with Crippen molar-refractivity contribution in [2.45, 2.75) is 25.7 Å². The van der Waals surface area contributed by atoms with E-state index in [-0.39, 0.29) is 11.7 Å². The second kappa shape index (κ2) is 2.41. The van der Waals surface area contributed by atoms with Gasteiger partial charge >= 0.3 is 0 Å². The number of aryl methyl sites for hydroxylation is 1. The highest BCUT2D eigenvalue weighted by Crippen LogP contribution is 2.34. The van der Waals surface area contributed by atoms with Gasteiger partial charge in [0.25, 0.3) is 0 Å². The number of fused-ring (bicyclic) bond motifs is 1. The van der Waals surface area contributed by atoms with Crippen LogP contribution in [0.4, 0.5) is 0 Å². The monoisotopic (exact) mass is 167 g/mol. The fourth-order valence-electron chi connectivity index (χ4n) is 1.56. The minimum atomic E-state index is 0.108. The summed E-state index contributed by atoms with van der Waals surface area (Å²) in [5.41, 5.74) is 2.88. The Morgan fingerprint density at radius 2 is 2.64 bits per heavy atom. The van der Waals surface area contributed by atoms with Crippen molar-refractivity contribution in [2.24, 2.45) is 0 Å². The molecule has 3 heteroatoms. The average molecular weight is 167 g/mol. The highest BCUT2D eigenvalue weighted by Gasteiger charge is 2.28. The van der Waals surface area contributed by atoms with E-state index in [1.807, 2.05) is 5.51 Å². The van der Waals surface area contributed by atoms with Crippen LogP contribution < -0.4 is 0 Å². The van der Waals surface area contributed by atoms with Crippen LogP contribution in [0, 0.1) is 0 Å². The molecular weight excluding hydrogens is 158 g/mol. The van der Waals surface area contributed by atoms with Gasteiger partial charge in [-0.2, -0.15) is 0 Å². The van der Waals surface area contributed by atoms with Gasteiger partial charge < -0.3 is 0 Å². The number of carbonyl (C=O) groups excluding carboxylic acids is 1. The first-order chi connectivity index (χ1) is 5.29. The van der Waals surface area contributed by atoms with Crippen LogP contribution in [0.1, 0.15) is 29.8 Å². The summed E-state index contributed by atoms with van der Waals surface area (Å²) in [6, 6.07) is 0. The molecule has 58 valence electrons. The first-order valence-corrected chi connectivity index (χ1v) is 4.59. The molecular formula is C8H9NOS. The Morgan fingerprint density at radius 3 is 3.36 bits per heavy atom. The van der Waals surface area contributed by atoms with Gasteiger partial charge in [-0.15, -0.1) is 11.3 Å². The maximum absolute atomic E-state index is 11.1. The number of rotatable bonds is 1. The normalized spacial score (nSPS) is 21.7. The van der Waals surface area contributed by atoms with E-state index in [0.29, 0.717) is 0 Å². The number of Topliss-reactive ketones (excluding diaryl/α,β-unsaturated/α-hetero) is 1. The molecule has 1 aliphatic rings. The molecule has 0 radical (unpaired) electrons. The van der Waals surface area contributed by atoms with Gasteiger partial charge in [0.15, 0.2) is 0 Å². The van der Waals surface area contributed by atoms with Crippen LogP contribution in [0.5, 0.6) is 0 Å². The van der Waals surface area contributed by atoms with Crippen molar-refractivity contribution in [3.8, 4) is 0 Å². The molecule has 0 saturated carbocycles. The molecule has 0 saturated heterocycles. The van der Waals surface area contributed by atoms with Crippen molar-refractivity contribution in [1.82, 2.24) is 4.98 Å². The van der Waals surface area contributed by atoms with E-state index < -0.39 is 0 Å². The summed E-state index contributed by atoms with van der Waals surface area (Å²) < 4.78 is 0. The van der Waals surface area contributed by atoms with Crippen molar-refractivity contribution in [3.05, 3.63) is 16.1 Å². The van der Waals surface area contributed by atoms with E-state index in [1.165, 1.54) is 4.88 Å². The minimum absolute atomic E-state index is 0.108. The lowest BCUT2D eigenvalue weighted by Crippen LogP contribution is -2.04. The third-order valence-electron chi connectivity index (χ3n) is 2.15. The Balaban J connectivity index is 2.38. The molecule has 1 unspecified atom stereocenters. The number of nitrogens with zero attached hydrogens (tertiary/aromatic N) is 1. The maximum atomic E-state index is 11.1. The van der Waals surface area contributed by atoms with E-state index in [9.17, 15) is 4.79 Å². The molecule has 1 aromatic rings. The number of hydrogen-bond acceptors (Lipinski definition) is 3. The molecule has 0 bridgehead atoms. The summed E-state index contributed by atoms with van der Waals surface area (Å²) in [4.78, 5) is 16.6. The Hall–Kier alpha value is -0.700. The number of hydrogen-bond donors (Lipinski definition) is 0. The maximum Gasteiger partial charge on any atom is 0.138 e. The zero-order valence-electron chi connectivity index (χ0n) is 6.33. The zero-order chi connectivity index (χ0) is 7.84. The Bertz CT molecular complexity index is 292. The van der Waals surface area contributed by atoms with Crippen LogP contribution in [0.3, 0.4) is 0 Å². The van der Waals surface area contributed by atoms with E-state index in [0.717, 1.165) is 18.5 Å². The summed E-state index contributed by atoms with van der Waals surface area (Å²) in [6.45, 7) is 1.65. The SMILES string of the molecule is CC(=O)C1CCc2scnc21. The van der Waals surface area contributed by atoms with Gasteiger partial charge in [-0.1, -0.05) is 0 Å². The zero-order valence-corrected chi connectivity index (χ0v) is 7.15. The summed E-state index contributed by atoms with van der Waals surface area (Å²) >= 11 is 1.67. The van der Waals surface area contributed by atoms with Gasteiger partial charge in [0.2, 0.25) is 0 Å². The van der Waals surface area contributed by atoms with E-state index >= 15 is 0 Å². The minimum Gasteiger partial charge on any atom is -0.299 e.